The third-order valence-electron chi connectivity index (χ3n) is 5.71. The lowest BCUT2D eigenvalue weighted by Crippen LogP contribution is -2.39. The van der Waals surface area contributed by atoms with Crippen LogP contribution in [-0.2, 0) is 11.3 Å². The second kappa shape index (κ2) is 8.08. The molecule has 8 heteroatoms. The summed E-state index contributed by atoms with van der Waals surface area (Å²) in [6.45, 7) is 3.22. The van der Waals surface area contributed by atoms with Crippen LogP contribution >= 0.6 is 0 Å². The van der Waals surface area contributed by atoms with Crippen molar-refractivity contribution >= 4 is 23.0 Å². The van der Waals surface area contributed by atoms with Crippen molar-refractivity contribution in [3.8, 4) is 5.75 Å². The predicted molar refractivity (Wildman–Crippen MR) is 109 cm³/mol. The average molecular weight is 419 g/mol. The molecule has 1 amide bonds. The summed E-state index contributed by atoms with van der Waals surface area (Å²) >= 11 is 0. The van der Waals surface area contributed by atoms with Crippen molar-refractivity contribution < 1.29 is 22.7 Å². The molecule has 0 atom stereocenters. The Morgan fingerprint density at radius 1 is 1.13 bits per heavy atom. The molecule has 2 aromatic rings. The van der Waals surface area contributed by atoms with E-state index >= 15 is 0 Å². The number of amides is 1. The van der Waals surface area contributed by atoms with E-state index in [0.29, 0.717) is 25.4 Å². The van der Waals surface area contributed by atoms with Crippen LogP contribution in [-0.4, -0.2) is 31.8 Å². The molecule has 160 valence electrons. The van der Waals surface area contributed by atoms with E-state index in [4.69, 9.17) is 4.74 Å². The molecule has 0 radical (unpaired) electrons. The molecule has 1 fully saturated rings. The number of aryl methyl sites for hydroxylation is 1. The number of piperidine rings is 1. The van der Waals surface area contributed by atoms with E-state index in [-0.39, 0.29) is 25.4 Å². The van der Waals surface area contributed by atoms with Crippen molar-refractivity contribution in [3.63, 3.8) is 0 Å². The molecule has 0 spiro atoms. The lowest BCUT2D eigenvalue weighted by molar-refractivity contribution is -0.179. The molecular formula is C22H24F3N3O2. The van der Waals surface area contributed by atoms with Gasteiger partial charge in [-0.25, -0.2) is 0 Å². The van der Waals surface area contributed by atoms with E-state index in [0.717, 1.165) is 28.2 Å². The standard InChI is InChI=1S/C22H24F3N3O2/c1-14-10-18(28-8-6-16(7-9-28)22(23,24)25)4-5-19(14)27-17-3-2-15-12-26-21(29)13-30-20(15)11-17/h2-5,10-11,16,27H,6-9,12-13H2,1H3,(H,26,29). The first-order valence-electron chi connectivity index (χ1n) is 10.0. The third kappa shape index (κ3) is 4.47. The molecule has 1 saturated heterocycles. The first kappa shape index (κ1) is 20.4. The first-order chi connectivity index (χ1) is 14.3. The van der Waals surface area contributed by atoms with Gasteiger partial charge < -0.3 is 20.3 Å². The van der Waals surface area contributed by atoms with Crippen molar-refractivity contribution in [2.24, 2.45) is 5.92 Å². The number of alkyl halides is 3. The maximum Gasteiger partial charge on any atom is 0.391 e. The third-order valence-corrected chi connectivity index (χ3v) is 5.71. The highest BCUT2D eigenvalue weighted by molar-refractivity contribution is 5.78. The fraction of sp³-hybridized carbons (Fsp3) is 0.409. The highest BCUT2D eigenvalue weighted by Crippen LogP contribution is 2.36. The number of ether oxygens (including phenoxy) is 1. The fourth-order valence-electron chi connectivity index (χ4n) is 3.91. The van der Waals surface area contributed by atoms with E-state index < -0.39 is 12.1 Å². The number of carbonyl (C=O) groups is 1. The van der Waals surface area contributed by atoms with E-state index in [9.17, 15) is 18.0 Å². The van der Waals surface area contributed by atoms with Gasteiger partial charge in [0.2, 0.25) is 0 Å². The topological polar surface area (TPSA) is 53.6 Å². The first-order valence-corrected chi connectivity index (χ1v) is 10.0. The zero-order chi connectivity index (χ0) is 21.3. The predicted octanol–water partition coefficient (Wildman–Crippen LogP) is 4.53. The van der Waals surface area contributed by atoms with Gasteiger partial charge in [0.15, 0.2) is 6.61 Å². The van der Waals surface area contributed by atoms with Gasteiger partial charge in [-0.15, -0.1) is 0 Å². The average Bonchev–Trinajstić information content (AvgIpc) is 2.90. The molecule has 4 rings (SSSR count). The number of fused-ring (bicyclic) bond motifs is 1. The van der Waals surface area contributed by atoms with E-state index in [1.54, 1.807) is 0 Å². The zero-order valence-electron chi connectivity index (χ0n) is 16.7. The van der Waals surface area contributed by atoms with Gasteiger partial charge in [0.25, 0.3) is 5.91 Å². The summed E-state index contributed by atoms with van der Waals surface area (Å²) in [6.07, 6.45) is -3.83. The highest BCUT2D eigenvalue weighted by atomic mass is 19.4. The number of carbonyl (C=O) groups excluding carboxylic acids is 1. The number of hydrogen-bond acceptors (Lipinski definition) is 4. The van der Waals surface area contributed by atoms with Crippen molar-refractivity contribution in [1.29, 1.82) is 0 Å². The molecular weight excluding hydrogens is 395 g/mol. The number of hydrogen-bond donors (Lipinski definition) is 2. The summed E-state index contributed by atoms with van der Waals surface area (Å²) in [5.74, 6) is -0.678. The molecule has 0 aliphatic carbocycles. The van der Waals surface area contributed by atoms with E-state index in [1.165, 1.54) is 0 Å². The molecule has 0 saturated carbocycles. The molecule has 2 aliphatic heterocycles. The molecule has 0 unspecified atom stereocenters. The quantitative estimate of drug-likeness (QED) is 0.768. The maximum atomic E-state index is 12.9. The van der Waals surface area contributed by atoms with Crippen LogP contribution in [0.4, 0.5) is 30.2 Å². The maximum absolute atomic E-state index is 12.9. The summed E-state index contributed by atoms with van der Waals surface area (Å²) in [7, 11) is 0. The lowest BCUT2D eigenvalue weighted by atomic mass is 9.96. The molecule has 30 heavy (non-hydrogen) atoms. The van der Waals surface area contributed by atoms with Gasteiger partial charge in [-0.3, -0.25) is 4.79 Å². The minimum absolute atomic E-state index is 0.00475. The van der Waals surface area contributed by atoms with Crippen LogP contribution in [0.2, 0.25) is 0 Å². The Morgan fingerprint density at radius 3 is 2.60 bits per heavy atom. The molecule has 2 aliphatic rings. The Morgan fingerprint density at radius 2 is 1.90 bits per heavy atom. The number of halogens is 3. The van der Waals surface area contributed by atoms with Crippen LogP contribution in [0, 0.1) is 12.8 Å². The van der Waals surface area contributed by atoms with Crippen LogP contribution in [0.5, 0.6) is 5.75 Å². The van der Waals surface area contributed by atoms with E-state index in [2.05, 4.69) is 10.6 Å². The molecule has 2 N–H and O–H groups in total. The monoisotopic (exact) mass is 419 g/mol. The minimum atomic E-state index is -4.10. The van der Waals surface area contributed by atoms with Crippen LogP contribution in [0.1, 0.15) is 24.0 Å². The number of nitrogens with one attached hydrogen (secondary N) is 2. The normalized spacial score (nSPS) is 17.6. The van der Waals surface area contributed by atoms with Gasteiger partial charge in [0.1, 0.15) is 5.75 Å². The molecule has 5 nitrogen and oxygen atoms in total. The van der Waals surface area contributed by atoms with Gasteiger partial charge >= 0.3 is 6.18 Å². The Hall–Kier alpha value is -2.90. The van der Waals surface area contributed by atoms with Crippen LogP contribution in [0.3, 0.4) is 0 Å². The summed E-state index contributed by atoms with van der Waals surface area (Å²) < 4.78 is 44.2. The van der Waals surface area contributed by atoms with Crippen LogP contribution < -0.4 is 20.3 Å². The second-order valence-electron chi connectivity index (χ2n) is 7.82. The van der Waals surface area contributed by atoms with Gasteiger partial charge in [-0.1, -0.05) is 6.07 Å². The number of anilines is 3. The largest absolute Gasteiger partial charge is 0.483 e. The summed E-state index contributed by atoms with van der Waals surface area (Å²) in [6, 6.07) is 11.6. The summed E-state index contributed by atoms with van der Waals surface area (Å²) in [5, 5.41) is 6.13. The van der Waals surface area contributed by atoms with Crippen molar-refractivity contribution in [1.82, 2.24) is 5.32 Å². The number of rotatable bonds is 3. The Kier molecular flexibility index (Phi) is 5.49. The molecule has 2 heterocycles. The van der Waals surface area contributed by atoms with Crippen LogP contribution in [0.15, 0.2) is 36.4 Å². The highest BCUT2D eigenvalue weighted by Gasteiger charge is 2.41. The SMILES string of the molecule is Cc1cc(N2CCC(C(F)(F)F)CC2)ccc1Nc1ccc2c(c1)OCC(=O)NC2. The van der Waals surface area contributed by atoms with Crippen molar-refractivity contribution in [3.05, 3.63) is 47.5 Å². The second-order valence-corrected chi connectivity index (χ2v) is 7.82. The van der Waals surface area contributed by atoms with Crippen molar-refractivity contribution in [2.75, 3.05) is 29.9 Å². The summed E-state index contributed by atoms with van der Waals surface area (Å²) in [5.41, 5.74) is 4.60. The number of benzene rings is 2. The van der Waals surface area contributed by atoms with E-state index in [1.807, 2.05) is 48.2 Å². The van der Waals surface area contributed by atoms with Crippen LogP contribution in [0.25, 0.3) is 0 Å². The lowest BCUT2D eigenvalue weighted by Gasteiger charge is -2.34. The van der Waals surface area contributed by atoms with Gasteiger partial charge in [-0.05, 0) is 49.6 Å². The zero-order valence-corrected chi connectivity index (χ0v) is 16.7. The smallest absolute Gasteiger partial charge is 0.391 e. The van der Waals surface area contributed by atoms with Crippen molar-refractivity contribution in [2.45, 2.75) is 32.5 Å². The number of nitrogens with zero attached hydrogens (tertiary/aromatic N) is 1. The van der Waals surface area contributed by atoms with Gasteiger partial charge in [-0.2, -0.15) is 13.2 Å². The molecule has 2 aromatic carbocycles. The summed E-state index contributed by atoms with van der Waals surface area (Å²) in [4.78, 5) is 13.5. The minimum Gasteiger partial charge on any atom is -0.483 e. The Bertz CT molecular complexity index is 938. The van der Waals surface area contributed by atoms with Gasteiger partial charge in [0, 0.05) is 48.3 Å². The fourth-order valence-corrected chi connectivity index (χ4v) is 3.91. The molecule has 0 bridgehead atoms. The Labute approximate surface area is 173 Å². The Balaban J connectivity index is 1.44. The molecule has 0 aromatic heterocycles. The van der Waals surface area contributed by atoms with Gasteiger partial charge in [0.05, 0.1) is 5.92 Å².